The van der Waals surface area contributed by atoms with E-state index in [1.165, 1.54) is 42.0 Å². The standard InChI is InChI=1S/C23H30F2N4O6/c1-5-34-17-12-15(6-8-16(17)35-22(24)25)7-9-18(30)28(10-11-33-4)19-20(26)29(13-14(2)3)23(32)27-21(19)31/h6-9,12,14,22H,5,10-11,13,26H2,1-4H3,(H,27,31,32)/b9-7+. The van der Waals surface area contributed by atoms with Gasteiger partial charge in [0.05, 0.1) is 13.2 Å². The topological polar surface area (TPSA) is 129 Å². The van der Waals surface area contributed by atoms with Gasteiger partial charge in [0.1, 0.15) is 5.82 Å². The van der Waals surface area contributed by atoms with Crippen LogP contribution in [0.5, 0.6) is 11.5 Å². The van der Waals surface area contributed by atoms with Gasteiger partial charge in [0.15, 0.2) is 17.2 Å². The van der Waals surface area contributed by atoms with Gasteiger partial charge in [0.25, 0.3) is 11.5 Å². The van der Waals surface area contributed by atoms with Crippen LogP contribution in [0.3, 0.4) is 0 Å². The van der Waals surface area contributed by atoms with Gasteiger partial charge in [-0.3, -0.25) is 24.0 Å². The van der Waals surface area contributed by atoms with Gasteiger partial charge in [-0.15, -0.1) is 0 Å². The number of hydrogen-bond acceptors (Lipinski definition) is 7. The van der Waals surface area contributed by atoms with Crippen LogP contribution >= 0.6 is 0 Å². The molecule has 1 aromatic carbocycles. The molecular formula is C23H30F2N4O6. The maximum absolute atomic E-state index is 13.1. The molecule has 0 radical (unpaired) electrons. The summed E-state index contributed by atoms with van der Waals surface area (Å²) in [4.78, 5) is 41.3. The first-order valence-corrected chi connectivity index (χ1v) is 10.9. The van der Waals surface area contributed by atoms with E-state index in [0.29, 0.717) is 5.56 Å². The number of amides is 1. The monoisotopic (exact) mass is 496 g/mol. The van der Waals surface area contributed by atoms with Crippen LogP contribution in [0.15, 0.2) is 33.9 Å². The molecule has 0 saturated heterocycles. The highest BCUT2D eigenvalue weighted by molar-refractivity contribution is 6.05. The summed E-state index contributed by atoms with van der Waals surface area (Å²) in [7, 11) is 1.43. The number of H-pyrrole nitrogens is 1. The number of anilines is 2. The molecule has 2 aromatic rings. The first kappa shape index (κ1) is 27.6. The van der Waals surface area contributed by atoms with E-state index in [1.54, 1.807) is 6.92 Å². The molecule has 1 heterocycles. The molecule has 1 amide bonds. The summed E-state index contributed by atoms with van der Waals surface area (Å²) in [5.41, 5.74) is 4.96. The number of nitrogen functional groups attached to an aromatic ring is 1. The van der Waals surface area contributed by atoms with Crippen molar-refractivity contribution in [2.45, 2.75) is 33.9 Å². The lowest BCUT2D eigenvalue weighted by Gasteiger charge is -2.23. The molecule has 1 aromatic heterocycles. The van der Waals surface area contributed by atoms with Crippen LogP contribution in [0.4, 0.5) is 20.3 Å². The smallest absolute Gasteiger partial charge is 0.387 e. The van der Waals surface area contributed by atoms with Crippen molar-refractivity contribution in [1.82, 2.24) is 9.55 Å². The Hall–Kier alpha value is -3.67. The Morgan fingerprint density at radius 2 is 1.97 bits per heavy atom. The molecule has 0 unspecified atom stereocenters. The van der Waals surface area contributed by atoms with Gasteiger partial charge in [-0.1, -0.05) is 19.9 Å². The zero-order chi connectivity index (χ0) is 26.1. The van der Waals surface area contributed by atoms with E-state index in [9.17, 15) is 23.2 Å². The average Bonchev–Trinajstić information content (AvgIpc) is 2.78. The van der Waals surface area contributed by atoms with Crippen LogP contribution in [-0.4, -0.2) is 48.9 Å². The Bertz CT molecular complexity index is 1160. The number of aromatic nitrogens is 2. The number of halogens is 2. The molecule has 0 bridgehead atoms. The number of benzene rings is 1. The van der Waals surface area contributed by atoms with Crippen molar-refractivity contribution in [2.75, 3.05) is 37.5 Å². The van der Waals surface area contributed by atoms with E-state index in [0.717, 1.165) is 4.90 Å². The minimum Gasteiger partial charge on any atom is -0.490 e. The largest absolute Gasteiger partial charge is 0.490 e. The lowest BCUT2D eigenvalue weighted by Crippen LogP contribution is -2.42. The highest BCUT2D eigenvalue weighted by atomic mass is 19.3. The van der Waals surface area contributed by atoms with Crippen LogP contribution in [-0.2, 0) is 16.1 Å². The molecule has 0 atom stereocenters. The quantitative estimate of drug-likeness (QED) is 0.432. The number of alkyl halides is 2. The summed E-state index contributed by atoms with van der Waals surface area (Å²) in [6, 6.07) is 4.20. The summed E-state index contributed by atoms with van der Waals surface area (Å²) in [5, 5.41) is 0. The predicted octanol–water partition coefficient (Wildman–Crippen LogP) is 2.47. The van der Waals surface area contributed by atoms with Gasteiger partial charge in [-0.05, 0) is 36.6 Å². The van der Waals surface area contributed by atoms with E-state index >= 15 is 0 Å². The summed E-state index contributed by atoms with van der Waals surface area (Å²) >= 11 is 0. The average molecular weight is 497 g/mol. The van der Waals surface area contributed by atoms with Crippen LogP contribution < -0.4 is 31.4 Å². The third kappa shape index (κ3) is 7.41. The van der Waals surface area contributed by atoms with Gasteiger partial charge >= 0.3 is 12.3 Å². The number of nitrogens with two attached hydrogens (primary N) is 1. The van der Waals surface area contributed by atoms with Gasteiger partial charge in [0.2, 0.25) is 0 Å². The number of nitrogens with one attached hydrogen (secondary N) is 1. The van der Waals surface area contributed by atoms with Gasteiger partial charge < -0.3 is 19.9 Å². The summed E-state index contributed by atoms with van der Waals surface area (Å²) in [6.45, 7) is 2.95. The third-order valence-electron chi connectivity index (χ3n) is 4.72. The minimum atomic E-state index is -3.02. The van der Waals surface area contributed by atoms with Crippen LogP contribution in [0.25, 0.3) is 6.08 Å². The molecule has 0 aliphatic carbocycles. The molecule has 192 valence electrons. The Labute approximate surface area is 200 Å². The van der Waals surface area contributed by atoms with Crippen molar-refractivity contribution in [3.8, 4) is 11.5 Å². The fraction of sp³-hybridized carbons (Fsp3) is 0.435. The number of methoxy groups -OCH3 is 1. The molecule has 3 N–H and O–H groups in total. The Balaban J connectivity index is 2.44. The zero-order valence-corrected chi connectivity index (χ0v) is 20.0. The second kappa shape index (κ2) is 12.7. The molecule has 0 saturated carbocycles. The highest BCUT2D eigenvalue weighted by Gasteiger charge is 2.23. The lowest BCUT2D eigenvalue weighted by molar-refractivity contribution is -0.114. The predicted molar refractivity (Wildman–Crippen MR) is 128 cm³/mol. The number of carbonyl (C=O) groups is 1. The summed E-state index contributed by atoms with van der Waals surface area (Å²) in [6.07, 6.45) is 2.61. The molecule has 10 nitrogen and oxygen atoms in total. The SMILES string of the molecule is CCOc1cc(/C=C/C(=O)N(CCOC)c2c(N)n(CC(C)C)c(=O)[nH]c2=O)ccc1OC(F)F. The van der Waals surface area contributed by atoms with E-state index < -0.39 is 23.8 Å². The van der Waals surface area contributed by atoms with Crippen LogP contribution in [0.1, 0.15) is 26.3 Å². The Kier molecular flexibility index (Phi) is 10.0. The second-order valence-electron chi connectivity index (χ2n) is 7.83. The zero-order valence-electron chi connectivity index (χ0n) is 20.0. The Morgan fingerprint density at radius 3 is 2.57 bits per heavy atom. The maximum Gasteiger partial charge on any atom is 0.387 e. The molecule has 12 heteroatoms. The first-order valence-electron chi connectivity index (χ1n) is 10.9. The van der Waals surface area contributed by atoms with E-state index in [-0.39, 0.29) is 55.2 Å². The summed E-state index contributed by atoms with van der Waals surface area (Å²) in [5.74, 6) is -0.760. The van der Waals surface area contributed by atoms with Crippen LogP contribution in [0, 0.1) is 5.92 Å². The number of ether oxygens (including phenoxy) is 3. The van der Waals surface area contributed by atoms with E-state index in [4.69, 9.17) is 15.2 Å². The highest BCUT2D eigenvalue weighted by Crippen LogP contribution is 2.30. The fourth-order valence-corrected chi connectivity index (χ4v) is 3.25. The molecule has 2 rings (SSSR count). The van der Waals surface area contributed by atoms with Crippen molar-refractivity contribution in [3.05, 3.63) is 50.7 Å². The molecular weight excluding hydrogens is 466 g/mol. The number of carbonyl (C=O) groups excluding carboxylic acids is 1. The molecule has 0 aliphatic rings. The summed E-state index contributed by atoms with van der Waals surface area (Å²) < 4.78 is 41.3. The minimum absolute atomic E-state index is 0.0157. The third-order valence-corrected chi connectivity index (χ3v) is 4.72. The van der Waals surface area contributed by atoms with Crippen molar-refractivity contribution in [3.63, 3.8) is 0 Å². The number of rotatable bonds is 12. The molecule has 0 aliphatic heterocycles. The van der Waals surface area contributed by atoms with E-state index in [2.05, 4.69) is 9.72 Å². The van der Waals surface area contributed by atoms with Crippen molar-refractivity contribution >= 4 is 23.5 Å². The normalized spacial score (nSPS) is 11.4. The fourth-order valence-electron chi connectivity index (χ4n) is 3.25. The number of nitrogens with zero attached hydrogens (tertiary/aromatic N) is 2. The molecule has 0 fully saturated rings. The van der Waals surface area contributed by atoms with Gasteiger partial charge in [-0.25, -0.2) is 4.79 Å². The van der Waals surface area contributed by atoms with Gasteiger partial charge in [0, 0.05) is 26.3 Å². The van der Waals surface area contributed by atoms with Crippen molar-refractivity contribution < 1.29 is 27.8 Å². The van der Waals surface area contributed by atoms with Gasteiger partial charge in [-0.2, -0.15) is 8.78 Å². The lowest BCUT2D eigenvalue weighted by atomic mass is 10.2. The van der Waals surface area contributed by atoms with Crippen molar-refractivity contribution in [1.29, 1.82) is 0 Å². The van der Waals surface area contributed by atoms with Crippen LogP contribution in [0.2, 0.25) is 0 Å². The second-order valence-corrected chi connectivity index (χ2v) is 7.83. The Morgan fingerprint density at radius 1 is 1.26 bits per heavy atom. The number of aromatic amines is 1. The molecule has 35 heavy (non-hydrogen) atoms. The first-order chi connectivity index (χ1) is 16.6. The maximum atomic E-state index is 13.1. The van der Waals surface area contributed by atoms with E-state index in [1.807, 2.05) is 13.8 Å². The number of hydrogen-bond donors (Lipinski definition) is 2. The van der Waals surface area contributed by atoms with Crippen molar-refractivity contribution in [2.24, 2.45) is 5.92 Å². The molecule has 0 spiro atoms.